The average Bonchev–Trinajstić information content (AvgIpc) is 2.91. The Morgan fingerprint density at radius 2 is 2.19 bits per heavy atom. The lowest BCUT2D eigenvalue weighted by molar-refractivity contribution is -0.120. The van der Waals surface area contributed by atoms with E-state index in [1.54, 1.807) is 11.8 Å². The molecule has 0 saturated carbocycles. The van der Waals surface area contributed by atoms with E-state index in [0.29, 0.717) is 6.54 Å². The molecule has 0 radical (unpaired) electrons. The van der Waals surface area contributed by atoms with E-state index in [4.69, 9.17) is 0 Å². The van der Waals surface area contributed by atoms with Gasteiger partial charge in [-0.2, -0.15) is 0 Å². The van der Waals surface area contributed by atoms with Crippen molar-refractivity contribution in [2.45, 2.75) is 38.4 Å². The highest BCUT2D eigenvalue weighted by Crippen LogP contribution is 2.18. The zero-order chi connectivity index (χ0) is 15.1. The van der Waals surface area contributed by atoms with Crippen LogP contribution in [0.2, 0.25) is 0 Å². The van der Waals surface area contributed by atoms with Crippen molar-refractivity contribution in [3.63, 3.8) is 0 Å². The van der Waals surface area contributed by atoms with Gasteiger partial charge in [0.2, 0.25) is 5.91 Å². The number of fused-ring (bicyclic) bond motifs is 1. The maximum Gasteiger partial charge on any atom is 0.232 e. The maximum absolute atomic E-state index is 12.0. The zero-order valence-corrected chi connectivity index (χ0v) is 13.6. The summed E-state index contributed by atoms with van der Waals surface area (Å²) < 4.78 is 0. The second kappa shape index (κ2) is 8.13. The number of aromatic amines is 1. The molecule has 1 unspecified atom stereocenters. The topological polar surface area (TPSA) is 44.9 Å². The molecular formula is C17H24N2OS. The van der Waals surface area contributed by atoms with Gasteiger partial charge >= 0.3 is 0 Å². The summed E-state index contributed by atoms with van der Waals surface area (Å²) in [6.45, 7) is 4.85. The molecule has 1 heterocycles. The summed E-state index contributed by atoms with van der Waals surface area (Å²) in [6, 6.07) is 8.26. The largest absolute Gasteiger partial charge is 0.361 e. The second-order valence-electron chi connectivity index (χ2n) is 5.27. The number of H-pyrrole nitrogens is 1. The van der Waals surface area contributed by atoms with E-state index >= 15 is 0 Å². The molecule has 114 valence electrons. The van der Waals surface area contributed by atoms with Crippen molar-refractivity contribution in [3.05, 3.63) is 36.0 Å². The van der Waals surface area contributed by atoms with Gasteiger partial charge in [0.05, 0.1) is 5.25 Å². The normalized spacial score (nSPS) is 12.5. The van der Waals surface area contributed by atoms with Crippen LogP contribution in [0.4, 0.5) is 0 Å². The van der Waals surface area contributed by atoms with Crippen molar-refractivity contribution in [1.29, 1.82) is 0 Å². The number of nitrogens with one attached hydrogen (secondary N) is 2. The number of hydrogen-bond acceptors (Lipinski definition) is 2. The molecule has 3 nitrogen and oxygen atoms in total. The van der Waals surface area contributed by atoms with Gasteiger partial charge in [-0.3, -0.25) is 4.79 Å². The Balaban J connectivity index is 1.77. The zero-order valence-electron chi connectivity index (χ0n) is 12.8. The van der Waals surface area contributed by atoms with Gasteiger partial charge in [0, 0.05) is 23.6 Å². The minimum atomic E-state index is 0.0412. The number of thioether (sulfide) groups is 1. The fraction of sp³-hybridized carbons (Fsp3) is 0.471. The summed E-state index contributed by atoms with van der Waals surface area (Å²) in [5, 5.41) is 4.33. The Morgan fingerprint density at radius 3 is 3.00 bits per heavy atom. The Labute approximate surface area is 130 Å². The predicted octanol–water partition coefficient (Wildman–Crippen LogP) is 3.75. The Morgan fingerprint density at radius 1 is 1.38 bits per heavy atom. The third kappa shape index (κ3) is 4.53. The minimum Gasteiger partial charge on any atom is -0.361 e. The van der Waals surface area contributed by atoms with E-state index in [-0.39, 0.29) is 11.2 Å². The first-order valence-corrected chi connectivity index (χ1v) is 8.71. The fourth-order valence-electron chi connectivity index (χ4n) is 2.28. The van der Waals surface area contributed by atoms with Crippen molar-refractivity contribution in [2.24, 2.45) is 0 Å². The summed E-state index contributed by atoms with van der Waals surface area (Å²) in [6.07, 6.45) is 5.26. The summed E-state index contributed by atoms with van der Waals surface area (Å²) in [4.78, 5) is 15.3. The molecule has 0 saturated heterocycles. The number of unbranched alkanes of at least 4 members (excludes halogenated alkanes) is 1. The van der Waals surface area contributed by atoms with Crippen LogP contribution in [0.3, 0.4) is 0 Å². The summed E-state index contributed by atoms with van der Waals surface area (Å²) in [5.74, 6) is 1.21. The van der Waals surface area contributed by atoms with Gasteiger partial charge in [-0.1, -0.05) is 31.5 Å². The third-order valence-corrected chi connectivity index (χ3v) is 4.84. The van der Waals surface area contributed by atoms with Crippen LogP contribution in [0.5, 0.6) is 0 Å². The van der Waals surface area contributed by atoms with Crippen LogP contribution in [-0.4, -0.2) is 28.4 Å². The first kappa shape index (κ1) is 16.0. The van der Waals surface area contributed by atoms with Gasteiger partial charge in [0.1, 0.15) is 0 Å². The van der Waals surface area contributed by atoms with Crippen LogP contribution in [0.15, 0.2) is 30.5 Å². The summed E-state index contributed by atoms with van der Waals surface area (Å²) in [7, 11) is 0. The molecule has 0 bridgehead atoms. The molecule has 2 N–H and O–H groups in total. The third-order valence-electron chi connectivity index (χ3n) is 3.60. The van der Waals surface area contributed by atoms with E-state index in [9.17, 15) is 4.79 Å². The smallest absolute Gasteiger partial charge is 0.232 e. The Bertz CT molecular complexity index is 579. The molecule has 1 atom stereocenters. The van der Waals surface area contributed by atoms with Gasteiger partial charge in [-0.25, -0.2) is 0 Å². The Hall–Kier alpha value is -1.42. The second-order valence-corrected chi connectivity index (χ2v) is 6.72. The SMILES string of the molecule is CCCCSC(C)C(=O)NCCc1c[nH]c2ccccc12. The number of rotatable bonds is 8. The molecule has 1 amide bonds. The number of aromatic nitrogens is 1. The van der Waals surface area contributed by atoms with Crippen molar-refractivity contribution >= 4 is 28.6 Å². The summed E-state index contributed by atoms with van der Waals surface area (Å²) in [5.41, 5.74) is 2.42. The number of carbonyl (C=O) groups is 1. The predicted molar refractivity (Wildman–Crippen MR) is 91.8 cm³/mol. The average molecular weight is 304 g/mol. The van der Waals surface area contributed by atoms with Crippen LogP contribution in [0.1, 0.15) is 32.3 Å². The minimum absolute atomic E-state index is 0.0412. The molecule has 2 rings (SSSR count). The lowest BCUT2D eigenvalue weighted by Gasteiger charge is -2.11. The van der Waals surface area contributed by atoms with Crippen LogP contribution in [0, 0.1) is 0 Å². The number of amides is 1. The molecule has 0 fully saturated rings. The highest BCUT2D eigenvalue weighted by Gasteiger charge is 2.12. The highest BCUT2D eigenvalue weighted by molar-refractivity contribution is 8.00. The van der Waals surface area contributed by atoms with E-state index in [1.807, 2.05) is 25.3 Å². The lowest BCUT2D eigenvalue weighted by atomic mass is 10.1. The standard InChI is InChI=1S/C17H24N2OS/c1-3-4-11-21-13(2)17(20)18-10-9-14-12-19-16-8-6-5-7-15(14)16/h5-8,12-13,19H,3-4,9-11H2,1-2H3,(H,18,20). The Kier molecular flexibility index (Phi) is 6.18. The van der Waals surface area contributed by atoms with Crippen molar-refractivity contribution in [1.82, 2.24) is 10.3 Å². The van der Waals surface area contributed by atoms with E-state index < -0.39 is 0 Å². The lowest BCUT2D eigenvalue weighted by Crippen LogP contribution is -2.32. The van der Waals surface area contributed by atoms with Crippen LogP contribution in [0.25, 0.3) is 10.9 Å². The van der Waals surface area contributed by atoms with E-state index in [2.05, 4.69) is 29.4 Å². The number of carbonyl (C=O) groups excluding carboxylic acids is 1. The molecular weight excluding hydrogens is 280 g/mol. The molecule has 0 spiro atoms. The van der Waals surface area contributed by atoms with Gasteiger partial charge < -0.3 is 10.3 Å². The van der Waals surface area contributed by atoms with E-state index in [1.165, 1.54) is 23.8 Å². The van der Waals surface area contributed by atoms with Crippen molar-refractivity contribution in [3.8, 4) is 0 Å². The fourth-order valence-corrected chi connectivity index (χ4v) is 3.33. The van der Waals surface area contributed by atoms with Gasteiger partial charge in [0.25, 0.3) is 0 Å². The molecule has 1 aromatic carbocycles. The van der Waals surface area contributed by atoms with Gasteiger partial charge in [-0.05, 0) is 37.1 Å². The van der Waals surface area contributed by atoms with Crippen LogP contribution < -0.4 is 5.32 Å². The number of para-hydroxylation sites is 1. The quantitative estimate of drug-likeness (QED) is 0.730. The molecule has 0 aliphatic heterocycles. The molecule has 1 aromatic heterocycles. The van der Waals surface area contributed by atoms with Crippen LogP contribution in [-0.2, 0) is 11.2 Å². The monoisotopic (exact) mass is 304 g/mol. The molecule has 0 aliphatic rings. The maximum atomic E-state index is 12.0. The molecule has 2 aromatic rings. The van der Waals surface area contributed by atoms with Gasteiger partial charge in [0.15, 0.2) is 0 Å². The van der Waals surface area contributed by atoms with Crippen molar-refractivity contribution < 1.29 is 4.79 Å². The highest BCUT2D eigenvalue weighted by atomic mass is 32.2. The molecule has 0 aliphatic carbocycles. The molecule has 4 heteroatoms. The number of benzene rings is 1. The van der Waals surface area contributed by atoms with Crippen LogP contribution >= 0.6 is 11.8 Å². The van der Waals surface area contributed by atoms with E-state index in [0.717, 1.165) is 17.7 Å². The number of hydrogen-bond donors (Lipinski definition) is 2. The van der Waals surface area contributed by atoms with Gasteiger partial charge in [-0.15, -0.1) is 11.8 Å². The molecule has 21 heavy (non-hydrogen) atoms. The van der Waals surface area contributed by atoms with Crippen molar-refractivity contribution in [2.75, 3.05) is 12.3 Å². The first-order chi connectivity index (χ1) is 10.2. The summed E-state index contributed by atoms with van der Waals surface area (Å²) >= 11 is 1.74. The first-order valence-electron chi connectivity index (χ1n) is 7.66.